The van der Waals surface area contributed by atoms with Gasteiger partial charge in [-0.3, -0.25) is 9.78 Å². The molecule has 0 spiro atoms. The molecule has 0 radical (unpaired) electrons. The molecule has 104 valence electrons. The van der Waals surface area contributed by atoms with Crippen LogP contribution in [0.4, 0.5) is 0 Å². The number of carbonyl (C=O) groups is 1. The van der Waals surface area contributed by atoms with Crippen LogP contribution in [0.3, 0.4) is 0 Å². The number of aromatic nitrogens is 4. The summed E-state index contributed by atoms with van der Waals surface area (Å²) in [6.07, 6.45) is 8.89. The lowest BCUT2D eigenvalue weighted by Crippen LogP contribution is -2.36. The van der Waals surface area contributed by atoms with E-state index in [2.05, 4.69) is 19.9 Å². The van der Waals surface area contributed by atoms with E-state index >= 15 is 0 Å². The number of H-pyrrole nitrogens is 1. The third-order valence-electron chi connectivity index (χ3n) is 3.75. The van der Waals surface area contributed by atoms with Crippen LogP contribution in [0, 0.1) is 0 Å². The minimum absolute atomic E-state index is 0.152. The summed E-state index contributed by atoms with van der Waals surface area (Å²) >= 11 is 0. The number of nitrogens with zero attached hydrogens (tertiary/aromatic N) is 4. The number of nitrogens with one attached hydrogen (secondary N) is 1. The Labute approximate surface area is 117 Å². The topological polar surface area (TPSA) is 74.8 Å². The number of hydrogen-bond donors (Lipinski definition) is 1. The fourth-order valence-corrected chi connectivity index (χ4v) is 2.59. The summed E-state index contributed by atoms with van der Waals surface area (Å²) in [5.74, 6) is 1.26. The SMILES string of the molecule is CC(=O)N1CCC(c2cncc(-c3ncc[nH]3)n2)CC1. The predicted octanol–water partition coefficient (Wildman–Crippen LogP) is 1.59. The molecule has 0 aliphatic carbocycles. The summed E-state index contributed by atoms with van der Waals surface area (Å²) in [7, 11) is 0. The van der Waals surface area contributed by atoms with Crippen LogP contribution < -0.4 is 0 Å². The first-order valence-electron chi connectivity index (χ1n) is 6.81. The van der Waals surface area contributed by atoms with Crippen LogP contribution in [0.1, 0.15) is 31.4 Å². The number of imidazole rings is 1. The molecule has 20 heavy (non-hydrogen) atoms. The van der Waals surface area contributed by atoms with Crippen molar-refractivity contribution in [2.75, 3.05) is 13.1 Å². The molecule has 1 saturated heterocycles. The first-order chi connectivity index (χ1) is 9.74. The summed E-state index contributed by atoms with van der Waals surface area (Å²) in [6, 6.07) is 0. The molecule has 3 rings (SSSR count). The second-order valence-electron chi connectivity index (χ2n) is 5.05. The number of hydrogen-bond acceptors (Lipinski definition) is 4. The largest absolute Gasteiger partial charge is 0.343 e. The van der Waals surface area contributed by atoms with Crippen LogP contribution in [0.25, 0.3) is 11.5 Å². The number of carbonyl (C=O) groups excluding carboxylic acids is 1. The molecule has 1 amide bonds. The zero-order valence-electron chi connectivity index (χ0n) is 11.4. The van der Waals surface area contributed by atoms with Crippen LogP contribution in [0.2, 0.25) is 0 Å². The fraction of sp³-hybridized carbons (Fsp3) is 0.429. The van der Waals surface area contributed by atoms with E-state index in [1.54, 1.807) is 25.5 Å². The van der Waals surface area contributed by atoms with Crippen molar-refractivity contribution in [1.29, 1.82) is 0 Å². The van der Waals surface area contributed by atoms with Gasteiger partial charge in [0.05, 0.1) is 11.9 Å². The lowest BCUT2D eigenvalue weighted by atomic mass is 9.93. The molecule has 1 aliphatic rings. The Morgan fingerprint density at radius 3 is 2.80 bits per heavy atom. The third-order valence-corrected chi connectivity index (χ3v) is 3.75. The number of likely N-dealkylation sites (tertiary alicyclic amines) is 1. The smallest absolute Gasteiger partial charge is 0.219 e. The Morgan fingerprint density at radius 1 is 1.35 bits per heavy atom. The van der Waals surface area contributed by atoms with Crippen molar-refractivity contribution in [3.63, 3.8) is 0 Å². The summed E-state index contributed by atoms with van der Waals surface area (Å²) in [6.45, 7) is 3.22. The average molecular weight is 271 g/mol. The zero-order chi connectivity index (χ0) is 13.9. The molecule has 1 fully saturated rings. The van der Waals surface area contributed by atoms with Gasteiger partial charge in [0.1, 0.15) is 5.69 Å². The Kier molecular flexibility index (Phi) is 3.45. The van der Waals surface area contributed by atoms with Crippen molar-refractivity contribution >= 4 is 5.91 Å². The van der Waals surface area contributed by atoms with Crippen molar-refractivity contribution in [2.45, 2.75) is 25.7 Å². The second kappa shape index (κ2) is 5.40. The van der Waals surface area contributed by atoms with E-state index in [-0.39, 0.29) is 5.91 Å². The van der Waals surface area contributed by atoms with Gasteiger partial charge in [-0.1, -0.05) is 0 Å². The zero-order valence-corrected chi connectivity index (χ0v) is 11.4. The van der Waals surface area contributed by atoms with E-state index in [4.69, 9.17) is 0 Å². The predicted molar refractivity (Wildman–Crippen MR) is 73.8 cm³/mol. The van der Waals surface area contributed by atoms with Gasteiger partial charge in [0, 0.05) is 44.5 Å². The lowest BCUT2D eigenvalue weighted by Gasteiger charge is -2.30. The summed E-state index contributed by atoms with van der Waals surface area (Å²) in [5, 5.41) is 0. The number of amides is 1. The highest BCUT2D eigenvalue weighted by molar-refractivity contribution is 5.73. The van der Waals surface area contributed by atoms with Gasteiger partial charge >= 0.3 is 0 Å². The van der Waals surface area contributed by atoms with Crippen molar-refractivity contribution < 1.29 is 4.79 Å². The van der Waals surface area contributed by atoms with E-state index in [9.17, 15) is 4.79 Å². The Hall–Kier alpha value is -2.24. The van der Waals surface area contributed by atoms with Crippen molar-refractivity contribution in [2.24, 2.45) is 0 Å². The van der Waals surface area contributed by atoms with E-state index in [0.717, 1.165) is 43.1 Å². The lowest BCUT2D eigenvalue weighted by molar-refractivity contribution is -0.129. The van der Waals surface area contributed by atoms with E-state index in [1.165, 1.54) is 0 Å². The Bertz CT molecular complexity index is 587. The van der Waals surface area contributed by atoms with Gasteiger partial charge in [0.25, 0.3) is 0 Å². The highest BCUT2D eigenvalue weighted by Gasteiger charge is 2.23. The van der Waals surface area contributed by atoms with Crippen LogP contribution >= 0.6 is 0 Å². The van der Waals surface area contributed by atoms with Gasteiger partial charge in [0.15, 0.2) is 5.82 Å². The average Bonchev–Trinajstić information content (AvgIpc) is 3.02. The van der Waals surface area contributed by atoms with Gasteiger partial charge in [-0.2, -0.15) is 0 Å². The molecule has 0 bridgehead atoms. The van der Waals surface area contributed by atoms with Gasteiger partial charge in [0.2, 0.25) is 5.91 Å². The molecule has 0 aromatic carbocycles. The normalized spacial score (nSPS) is 16.4. The molecule has 0 atom stereocenters. The van der Waals surface area contributed by atoms with Crippen LogP contribution in [-0.2, 0) is 4.79 Å². The maximum absolute atomic E-state index is 11.3. The quantitative estimate of drug-likeness (QED) is 0.900. The molecular weight excluding hydrogens is 254 g/mol. The Morgan fingerprint density at radius 2 is 2.15 bits per heavy atom. The van der Waals surface area contributed by atoms with Crippen LogP contribution in [0.5, 0.6) is 0 Å². The Balaban J connectivity index is 1.75. The molecular formula is C14H17N5O. The molecule has 3 heterocycles. The minimum atomic E-state index is 0.152. The fourth-order valence-electron chi connectivity index (χ4n) is 2.59. The molecule has 1 aliphatic heterocycles. The van der Waals surface area contributed by atoms with Crippen LogP contribution in [0.15, 0.2) is 24.8 Å². The summed E-state index contributed by atoms with van der Waals surface area (Å²) in [5.41, 5.74) is 1.75. The monoisotopic (exact) mass is 271 g/mol. The highest BCUT2D eigenvalue weighted by atomic mass is 16.2. The van der Waals surface area contributed by atoms with Gasteiger partial charge in [-0.15, -0.1) is 0 Å². The van der Waals surface area contributed by atoms with Crippen molar-refractivity contribution in [3.05, 3.63) is 30.5 Å². The minimum Gasteiger partial charge on any atom is -0.343 e. The molecule has 6 heteroatoms. The molecule has 0 unspecified atom stereocenters. The molecule has 2 aromatic heterocycles. The maximum Gasteiger partial charge on any atom is 0.219 e. The summed E-state index contributed by atoms with van der Waals surface area (Å²) < 4.78 is 0. The van der Waals surface area contributed by atoms with Gasteiger partial charge < -0.3 is 9.88 Å². The molecule has 0 saturated carbocycles. The first-order valence-corrected chi connectivity index (χ1v) is 6.81. The summed E-state index contributed by atoms with van der Waals surface area (Å²) in [4.78, 5) is 29.4. The molecule has 6 nitrogen and oxygen atoms in total. The molecule has 1 N–H and O–H groups in total. The van der Waals surface area contributed by atoms with Gasteiger partial charge in [-0.25, -0.2) is 9.97 Å². The highest BCUT2D eigenvalue weighted by Crippen LogP contribution is 2.27. The number of rotatable bonds is 2. The van der Waals surface area contributed by atoms with Crippen LogP contribution in [-0.4, -0.2) is 43.8 Å². The number of aromatic amines is 1. The van der Waals surface area contributed by atoms with E-state index < -0.39 is 0 Å². The maximum atomic E-state index is 11.3. The van der Waals surface area contributed by atoms with Gasteiger partial charge in [-0.05, 0) is 12.8 Å². The van der Waals surface area contributed by atoms with Crippen molar-refractivity contribution in [1.82, 2.24) is 24.8 Å². The third kappa shape index (κ3) is 2.54. The van der Waals surface area contributed by atoms with E-state index in [0.29, 0.717) is 5.92 Å². The number of piperidine rings is 1. The second-order valence-corrected chi connectivity index (χ2v) is 5.05. The first kappa shape index (κ1) is 12.8. The standard InChI is InChI=1S/C14H17N5O/c1-10(20)19-6-2-11(3-7-19)12-8-15-9-13(18-12)14-16-4-5-17-14/h4-5,8-9,11H,2-3,6-7H2,1H3,(H,16,17). The van der Waals surface area contributed by atoms with Crippen molar-refractivity contribution in [3.8, 4) is 11.5 Å². The molecule has 2 aromatic rings. The van der Waals surface area contributed by atoms with E-state index in [1.807, 2.05) is 11.1 Å².